The molecule has 4 heteroatoms. The van der Waals surface area contributed by atoms with Gasteiger partial charge in [-0.1, -0.05) is 12.1 Å². The summed E-state index contributed by atoms with van der Waals surface area (Å²) in [5, 5.41) is 9.45. The number of piperazine rings is 1. The normalized spacial score (nSPS) is 22.4. The van der Waals surface area contributed by atoms with Crippen molar-refractivity contribution in [2.75, 3.05) is 38.2 Å². The fourth-order valence-corrected chi connectivity index (χ4v) is 2.68. The second-order valence-electron chi connectivity index (χ2n) is 4.24. The summed E-state index contributed by atoms with van der Waals surface area (Å²) in [5.41, 5.74) is 1.18. The number of likely N-dealkylation sites (N-methyl/N-ethyl adjacent to an activating group) is 1. The monoisotopic (exact) mass is 284 g/mol. The van der Waals surface area contributed by atoms with Gasteiger partial charge in [-0.3, -0.25) is 0 Å². The molecule has 3 nitrogen and oxygen atoms in total. The minimum absolute atomic E-state index is 0.192. The van der Waals surface area contributed by atoms with Crippen molar-refractivity contribution >= 4 is 21.6 Å². The van der Waals surface area contributed by atoms with Crippen molar-refractivity contribution in [1.82, 2.24) is 4.90 Å². The number of hydrogen-bond donors (Lipinski definition) is 1. The molecule has 1 N–H and O–H groups in total. The molecule has 0 amide bonds. The Morgan fingerprint density at radius 2 is 2.12 bits per heavy atom. The van der Waals surface area contributed by atoms with Crippen LogP contribution in [-0.2, 0) is 0 Å². The van der Waals surface area contributed by atoms with Gasteiger partial charge in [0.05, 0.1) is 18.3 Å². The minimum Gasteiger partial charge on any atom is -0.394 e. The third-order valence-electron chi connectivity index (χ3n) is 3.06. The van der Waals surface area contributed by atoms with Crippen molar-refractivity contribution in [3.63, 3.8) is 0 Å². The SMILES string of the molecule is CN1CCN(c2ccccc2Br)C(CO)C1. The molecule has 0 bridgehead atoms. The Bertz CT molecular complexity index is 359. The number of anilines is 1. The van der Waals surface area contributed by atoms with E-state index in [1.54, 1.807) is 0 Å². The van der Waals surface area contributed by atoms with Crippen molar-refractivity contribution in [1.29, 1.82) is 0 Å². The van der Waals surface area contributed by atoms with E-state index in [2.05, 4.69) is 38.8 Å². The van der Waals surface area contributed by atoms with Crippen LogP contribution in [0, 0.1) is 0 Å². The molecule has 0 saturated carbocycles. The number of aliphatic hydroxyl groups excluding tert-OH is 1. The molecule has 2 rings (SSSR count). The molecule has 16 heavy (non-hydrogen) atoms. The minimum atomic E-state index is 0.192. The van der Waals surface area contributed by atoms with Crippen LogP contribution in [0.25, 0.3) is 0 Å². The van der Waals surface area contributed by atoms with E-state index >= 15 is 0 Å². The maximum absolute atomic E-state index is 9.45. The molecule has 88 valence electrons. The highest BCUT2D eigenvalue weighted by molar-refractivity contribution is 9.10. The maximum atomic E-state index is 9.45. The molecule has 0 spiro atoms. The van der Waals surface area contributed by atoms with Gasteiger partial charge >= 0.3 is 0 Å². The van der Waals surface area contributed by atoms with Crippen molar-refractivity contribution < 1.29 is 5.11 Å². The number of para-hydroxylation sites is 1. The molecule has 0 radical (unpaired) electrons. The standard InChI is InChI=1S/C12H17BrN2O/c1-14-6-7-15(10(8-14)9-16)12-5-3-2-4-11(12)13/h2-5,10,16H,6-9H2,1H3. The highest BCUT2D eigenvalue weighted by atomic mass is 79.9. The van der Waals surface area contributed by atoms with Crippen LogP contribution in [-0.4, -0.2) is 49.3 Å². The molecule has 1 fully saturated rings. The van der Waals surface area contributed by atoms with Gasteiger partial charge in [-0.05, 0) is 35.1 Å². The summed E-state index contributed by atoms with van der Waals surface area (Å²) >= 11 is 3.57. The average molecular weight is 285 g/mol. The van der Waals surface area contributed by atoms with Crippen LogP contribution in [0.15, 0.2) is 28.7 Å². The molecule has 1 saturated heterocycles. The summed E-state index contributed by atoms with van der Waals surface area (Å²) < 4.78 is 1.10. The first-order valence-corrected chi connectivity index (χ1v) is 6.32. The fourth-order valence-electron chi connectivity index (χ4n) is 2.17. The summed E-state index contributed by atoms with van der Waals surface area (Å²) in [6, 6.07) is 8.38. The number of hydrogen-bond acceptors (Lipinski definition) is 3. The Kier molecular flexibility index (Phi) is 3.84. The number of nitrogens with zero attached hydrogens (tertiary/aromatic N) is 2. The average Bonchev–Trinajstić information content (AvgIpc) is 2.30. The first kappa shape index (κ1) is 11.9. The van der Waals surface area contributed by atoms with Gasteiger partial charge in [-0.15, -0.1) is 0 Å². The lowest BCUT2D eigenvalue weighted by Crippen LogP contribution is -2.53. The lowest BCUT2D eigenvalue weighted by molar-refractivity contribution is 0.191. The van der Waals surface area contributed by atoms with Crippen LogP contribution in [0.4, 0.5) is 5.69 Å². The molecule has 1 aromatic carbocycles. The molecule has 1 unspecified atom stereocenters. The second kappa shape index (κ2) is 5.17. The first-order chi connectivity index (χ1) is 7.72. The third-order valence-corrected chi connectivity index (χ3v) is 3.73. The van der Waals surface area contributed by atoms with Crippen LogP contribution >= 0.6 is 15.9 Å². The predicted octanol–water partition coefficient (Wildman–Crippen LogP) is 1.56. The van der Waals surface area contributed by atoms with Gasteiger partial charge in [-0.2, -0.15) is 0 Å². The van der Waals surface area contributed by atoms with Crippen molar-refractivity contribution in [3.8, 4) is 0 Å². The highest BCUT2D eigenvalue weighted by Crippen LogP contribution is 2.28. The smallest absolute Gasteiger partial charge is 0.0648 e. The quantitative estimate of drug-likeness (QED) is 0.893. The number of halogens is 1. The zero-order valence-electron chi connectivity index (χ0n) is 9.43. The van der Waals surface area contributed by atoms with Gasteiger partial charge < -0.3 is 14.9 Å². The van der Waals surface area contributed by atoms with Crippen LogP contribution in [0.3, 0.4) is 0 Å². The van der Waals surface area contributed by atoms with Gasteiger partial charge in [0.2, 0.25) is 0 Å². The van der Waals surface area contributed by atoms with Crippen LogP contribution in [0.2, 0.25) is 0 Å². The Balaban J connectivity index is 2.22. The van der Waals surface area contributed by atoms with E-state index in [4.69, 9.17) is 0 Å². The second-order valence-corrected chi connectivity index (χ2v) is 5.10. The molecule has 1 heterocycles. The largest absolute Gasteiger partial charge is 0.394 e. The molecular weight excluding hydrogens is 268 g/mol. The lowest BCUT2D eigenvalue weighted by atomic mass is 10.1. The van der Waals surface area contributed by atoms with Crippen molar-refractivity contribution in [2.24, 2.45) is 0 Å². The number of benzene rings is 1. The predicted molar refractivity (Wildman–Crippen MR) is 69.9 cm³/mol. The van der Waals surface area contributed by atoms with Crippen LogP contribution in [0.5, 0.6) is 0 Å². The van der Waals surface area contributed by atoms with Gasteiger partial charge in [-0.25, -0.2) is 0 Å². The Hall–Kier alpha value is -0.580. The van der Waals surface area contributed by atoms with Crippen LogP contribution in [0.1, 0.15) is 0 Å². The first-order valence-electron chi connectivity index (χ1n) is 5.53. The Morgan fingerprint density at radius 1 is 1.38 bits per heavy atom. The lowest BCUT2D eigenvalue weighted by Gasteiger charge is -2.41. The van der Waals surface area contributed by atoms with E-state index in [0.717, 1.165) is 24.1 Å². The number of rotatable bonds is 2. The summed E-state index contributed by atoms with van der Waals surface area (Å²) in [6.07, 6.45) is 0. The fraction of sp³-hybridized carbons (Fsp3) is 0.500. The van der Waals surface area contributed by atoms with Gasteiger partial charge in [0, 0.05) is 24.1 Å². The summed E-state index contributed by atoms with van der Waals surface area (Å²) in [6.45, 7) is 3.12. The van der Waals surface area contributed by atoms with Gasteiger partial charge in [0.1, 0.15) is 0 Å². The maximum Gasteiger partial charge on any atom is 0.0648 e. The summed E-state index contributed by atoms with van der Waals surface area (Å²) in [4.78, 5) is 4.54. The van der Waals surface area contributed by atoms with E-state index in [1.165, 1.54) is 5.69 Å². The zero-order valence-corrected chi connectivity index (χ0v) is 11.0. The highest BCUT2D eigenvalue weighted by Gasteiger charge is 2.25. The van der Waals surface area contributed by atoms with Gasteiger partial charge in [0.25, 0.3) is 0 Å². The topological polar surface area (TPSA) is 26.7 Å². The Morgan fingerprint density at radius 3 is 2.81 bits per heavy atom. The molecule has 1 aromatic rings. The van der Waals surface area contributed by atoms with E-state index in [1.807, 2.05) is 18.2 Å². The molecule has 1 aliphatic rings. The summed E-state index contributed by atoms with van der Waals surface area (Å²) in [7, 11) is 2.10. The van der Waals surface area contributed by atoms with E-state index < -0.39 is 0 Å². The Labute approximate surface area is 105 Å². The molecule has 1 atom stereocenters. The molecule has 0 aliphatic carbocycles. The molecule has 1 aliphatic heterocycles. The van der Waals surface area contributed by atoms with E-state index in [9.17, 15) is 5.11 Å². The molecular formula is C12H17BrN2O. The van der Waals surface area contributed by atoms with Crippen molar-refractivity contribution in [2.45, 2.75) is 6.04 Å². The third kappa shape index (κ3) is 2.39. The zero-order chi connectivity index (χ0) is 11.5. The van der Waals surface area contributed by atoms with E-state index in [-0.39, 0.29) is 12.6 Å². The molecule has 0 aromatic heterocycles. The van der Waals surface area contributed by atoms with E-state index in [0.29, 0.717) is 0 Å². The van der Waals surface area contributed by atoms with Crippen molar-refractivity contribution in [3.05, 3.63) is 28.7 Å². The van der Waals surface area contributed by atoms with Gasteiger partial charge in [0.15, 0.2) is 0 Å². The van der Waals surface area contributed by atoms with Crippen LogP contribution < -0.4 is 4.90 Å². The summed E-state index contributed by atoms with van der Waals surface area (Å²) in [5.74, 6) is 0. The number of aliphatic hydroxyl groups is 1.